The molecule has 0 bridgehead atoms. The van der Waals surface area contributed by atoms with Gasteiger partial charge in [0.15, 0.2) is 0 Å². The number of piperidine rings is 1. The highest BCUT2D eigenvalue weighted by Gasteiger charge is 2.43. The summed E-state index contributed by atoms with van der Waals surface area (Å²) < 4.78 is 0. The molecule has 1 N–H and O–H groups in total. The molecule has 0 aromatic heterocycles. The minimum Gasteiger partial charge on any atom is -0.341 e. The smallest absolute Gasteiger partial charge is 0.239 e. The molecular formula is C16H28N2O. The summed E-state index contributed by atoms with van der Waals surface area (Å²) in [5.74, 6) is 3.07. The van der Waals surface area contributed by atoms with E-state index in [4.69, 9.17) is 0 Å². The fourth-order valence-electron chi connectivity index (χ4n) is 3.66. The van der Waals surface area contributed by atoms with Gasteiger partial charge < -0.3 is 10.2 Å². The van der Waals surface area contributed by atoms with Crippen molar-refractivity contribution in [2.45, 2.75) is 64.5 Å². The van der Waals surface area contributed by atoms with Gasteiger partial charge in [0.2, 0.25) is 5.91 Å². The lowest BCUT2D eigenvalue weighted by Crippen LogP contribution is -2.53. The summed E-state index contributed by atoms with van der Waals surface area (Å²) in [5.41, 5.74) is 0. The molecule has 3 nitrogen and oxygen atoms in total. The lowest BCUT2D eigenvalue weighted by Gasteiger charge is -2.36. The van der Waals surface area contributed by atoms with Crippen molar-refractivity contribution in [2.24, 2.45) is 17.8 Å². The maximum atomic E-state index is 12.5. The van der Waals surface area contributed by atoms with Crippen molar-refractivity contribution in [3.63, 3.8) is 0 Å². The van der Waals surface area contributed by atoms with E-state index >= 15 is 0 Å². The van der Waals surface area contributed by atoms with E-state index in [0.29, 0.717) is 11.9 Å². The first-order chi connectivity index (χ1) is 9.15. The molecule has 1 saturated heterocycles. The van der Waals surface area contributed by atoms with Crippen molar-refractivity contribution in [3.05, 3.63) is 0 Å². The van der Waals surface area contributed by atoms with E-state index in [2.05, 4.69) is 24.1 Å². The summed E-state index contributed by atoms with van der Waals surface area (Å²) in [4.78, 5) is 14.7. The molecular weight excluding hydrogens is 236 g/mol. The fourth-order valence-corrected chi connectivity index (χ4v) is 3.66. The second kappa shape index (κ2) is 5.43. The quantitative estimate of drug-likeness (QED) is 0.799. The van der Waals surface area contributed by atoms with Crippen LogP contribution >= 0.6 is 0 Å². The summed E-state index contributed by atoms with van der Waals surface area (Å²) >= 11 is 0. The number of nitrogens with one attached hydrogen (secondary N) is 1. The standard InChI is InChI=1S/C16H28N2O/c1-11(2)17-15-4-3-9-18(16(15)19)10-14(12-5-6-12)13-7-8-13/h11-15,17H,3-10H2,1-2H3. The van der Waals surface area contributed by atoms with Gasteiger partial charge >= 0.3 is 0 Å². The van der Waals surface area contributed by atoms with E-state index in [-0.39, 0.29) is 6.04 Å². The molecule has 0 radical (unpaired) electrons. The maximum Gasteiger partial charge on any atom is 0.239 e. The number of rotatable bonds is 6. The first-order valence-electron chi connectivity index (χ1n) is 8.20. The van der Waals surface area contributed by atoms with Gasteiger partial charge in [-0.1, -0.05) is 13.8 Å². The Balaban J connectivity index is 1.58. The molecule has 1 aliphatic heterocycles. The van der Waals surface area contributed by atoms with Crippen LogP contribution in [0.2, 0.25) is 0 Å². The van der Waals surface area contributed by atoms with Gasteiger partial charge in [0.1, 0.15) is 0 Å². The highest BCUT2D eigenvalue weighted by Crippen LogP contribution is 2.49. The number of likely N-dealkylation sites (tertiary alicyclic amines) is 1. The van der Waals surface area contributed by atoms with Crippen LogP contribution in [0.4, 0.5) is 0 Å². The van der Waals surface area contributed by atoms with Crippen LogP contribution in [0.25, 0.3) is 0 Å². The van der Waals surface area contributed by atoms with E-state index in [1.807, 2.05) is 0 Å². The van der Waals surface area contributed by atoms with Gasteiger partial charge in [-0.25, -0.2) is 0 Å². The molecule has 0 spiro atoms. The first kappa shape index (κ1) is 13.4. The fraction of sp³-hybridized carbons (Fsp3) is 0.938. The topological polar surface area (TPSA) is 32.3 Å². The zero-order valence-corrected chi connectivity index (χ0v) is 12.4. The van der Waals surface area contributed by atoms with Gasteiger partial charge in [0.05, 0.1) is 6.04 Å². The molecule has 3 rings (SSSR count). The summed E-state index contributed by atoms with van der Waals surface area (Å²) in [6, 6.07) is 0.476. The Labute approximate surface area is 117 Å². The van der Waals surface area contributed by atoms with Crippen LogP contribution < -0.4 is 5.32 Å². The second-order valence-corrected chi connectivity index (χ2v) is 7.14. The van der Waals surface area contributed by atoms with Crippen molar-refractivity contribution in [1.82, 2.24) is 10.2 Å². The summed E-state index contributed by atoms with van der Waals surface area (Å²) in [7, 11) is 0. The molecule has 2 saturated carbocycles. The minimum atomic E-state index is 0.0767. The van der Waals surface area contributed by atoms with Crippen molar-refractivity contribution >= 4 is 5.91 Å². The van der Waals surface area contributed by atoms with Crippen molar-refractivity contribution in [2.75, 3.05) is 13.1 Å². The molecule has 1 atom stereocenters. The van der Waals surface area contributed by atoms with E-state index in [1.54, 1.807) is 0 Å². The molecule has 2 aliphatic carbocycles. The molecule has 1 amide bonds. The van der Waals surface area contributed by atoms with E-state index in [9.17, 15) is 4.79 Å². The Kier molecular flexibility index (Phi) is 3.84. The summed E-state index contributed by atoms with van der Waals surface area (Å²) in [6.07, 6.45) is 7.84. The minimum absolute atomic E-state index is 0.0767. The Hall–Kier alpha value is -0.570. The van der Waals surface area contributed by atoms with Gasteiger partial charge in [-0.15, -0.1) is 0 Å². The van der Waals surface area contributed by atoms with Crippen LogP contribution in [0.15, 0.2) is 0 Å². The SMILES string of the molecule is CC(C)NC1CCCN(CC(C2CC2)C2CC2)C1=O. The van der Waals surface area contributed by atoms with E-state index < -0.39 is 0 Å². The van der Waals surface area contributed by atoms with Crippen molar-refractivity contribution in [3.8, 4) is 0 Å². The van der Waals surface area contributed by atoms with Gasteiger partial charge in [0, 0.05) is 19.1 Å². The summed E-state index contributed by atoms with van der Waals surface area (Å²) in [5, 5.41) is 3.43. The van der Waals surface area contributed by atoms with Crippen LogP contribution in [-0.4, -0.2) is 36.0 Å². The highest BCUT2D eigenvalue weighted by atomic mass is 16.2. The molecule has 3 aliphatic rings. The molecule has 3 heteroatoms. The van der Waals surface area contributed by atoms with Crippen LogP contribution in [0.5, 0.6) is 0 Å². The largest absolute Gasteiger partial charge is 0.341 e. The normalized spacial score (nSPS) is 28.5. The third-order valence-corrected chi connectivity index (χ3v) is 4.95. The highest BCUT2D eigenvalue weighted by molar-refractivity contribution is 5.82. The average Bonchev–Trinajstić information content (AvgIpc) is 3.24. The van der Waals surface area contributed by atoms with Crippen LogP contribution in [0.1, 0.15) is 52.4 Å². The van der Waals surface area contributed by atoms with Gasteiger partial charge in [-0.2, -0.15) is 0 Å². The van der Waals surface area contributed by atoms with Crippen LogP contribution in [0.3, 0.4) is 0 Å². The van der Waals surface area contributed by atoms with Crippen molar-refractivity contribution < 1.29 is 4.79 Å². The Morgan fingerprint density at radius 1 is 1.16 bits per heavy atom. The number of carbonyl (C=O) groups is 1. The van der Waals surface area contributed by atoms with Crippen LogP contribution in [-0.2, 0) is 4.79 Å². The molecule has 108 valence electrons. The third kappa shape index (κ3) is 3.31. The van der Waals surface area contributed by atoms with Gasteiger partial charge in [0.25, 0.3) is 0 Å². The lowest BCUT2D eigenvalue weighted by atomic mass is 9.95. The predicted molar refractivity (Wildman–Crippen MR) is 76.8 cm³/mol. The van der Waals surface area contributed by atoms with Gasteiger partial charge in [-0.3, -0.25) is 4.79 Å². The zero-order valence-electron chi connectivity index (χ0n) is 12.4. The summed E-state index contributed by atoms with van der Waals surface area (Å²) in [6.45, 7) is 6.29. The third-order valence-electron chi connectivity index (χ3n) is 4.95. The molecule has 3 fully saturated rings. The average molecular weight is 264 g/mol. The molecule has 0 aromatic carbocycles. The van der Waals surface area contributed by atoms with Gasteiger partial charge in [-0.05, 0) is 56.3 Å². The number of amides is 1. The van der Waals surface area contributed by atoms with Crippen LogP contribution in [0, 0.1) is 17.8 Å². The molecule has 0 aromatic rings. The lowest BCUT2D eigenvalue weighted by molar-refractivity contribution is -0.137. The molecule has 1 unspecified atom stereocenters. The maximum absolute atomic E-state index is 12.5. The number of hydrogen-bond donors (Lipinski definition) is 1. The van der Waals surface area contributed by atoms with E-state index in [1.165, 1.54) is 25.7 Å². The number of hydrogen-bond acceptors (Lipinski definition) is 2. The van der Waals surface area contributed by atoms with Crippen molar-refractivity contribution in [1.29, 1.82) is 0 Å². The Morgan fingerprint density at radius 2 is 1.79 bits per heavy atom. The number of nitrogens with zero attached hydrogens (tertiary/aromatic N) is 1. The Morgan fingerprint density at radius 3 is 2.32 bits per heavy atom. The molecule has 1 heterocycles. The zero-order chi connectivity index (χ0) is 13.4. The first-order valence-corrected chi connectivity index (χ1v) is 8.20. The monoisotopic (exact) mass is 264 g/mol. The molecule has 19 heavy (non-hydrogen) atoms. The van der Waals surface area contributed by atoms with E-state index in [0.717, 1.165) is 43.7 Å². The number of carbonyl (C=O) groups excluding carboxylic acids is 1. The Bertz CT molecular complexity index is 322. The predicted octanol–water partition coefficient (Wildman–Crippen LogP) is 2.41. The second-order valence-electron chi connectivity index (χ2n) is 7.14.